The molecule has 1 aliphatic rings. The minimum atomic E-state index is -0.192. The molecule has 2 aromatic carbocycles. The lowest BCUT2D eigenvalue weighted by Gasteiger charge is -2.21. The molecule has 3 aromatic rings. The lowest BCUT2D eigenvalue weighted by atomic mass is 10.2. The fourth-order valence-electron chi connectivity index (χ4n) is 3.64. The molecule has 1 aliphatic heterocycles. The third-order valence-corrected chi connectivity index (χ3v) is 5.18. The van der Waals surface area contributed by atoms with Gasteiger partial charge < -0.3 is 9.26 Å². The van der Waals surface area contributed by atoms with E-state index in [4.69, 9.17) is 9.26 Å². The van der Waals surface area contributed by atoms with Crippen LogP contribution in [0.1, 0.15) is 17.9 Å². The van der Waals surface area contributed by atoms with Gasteiger partial charge in [0.2, 0.25) is 11.7 Å². The van der Waals surface area contributed by atoms with Gasteiger partial charge in [-0.3, -0.25) is 9.80 Å². The Morgan fingerprint density at radius 3 is 2.45 bits per heavy atom. The molecule has 0 unspecified atom stereocenters. The largest absolute Gasteiger partial charge is 0.496 e. The summed E-state index contributed by atoms with van der Waals surface area (Å²) in [5, 5.41) is 4.13. The molecule has 6 nitrogen and oxygen atoms in total. The maximum atomic E-state index is 13.1. The molecule has 0 atom stereocenters. The number of aromatic nitrogens is 2. The van der Waals surface area contributed by atoms with E-state index in [2.05, 4.69) is 19.9 Å². The first kappa shape index (κ1) is 19.5. The number of ether oxygens (including phenoxy) is 1. The van der Waals surface area contributed by atoms with Crippen LogP contribution in [0.5, 0.6) is 5.75 Å². The summed E-state index contributed by atoms with van der Waals surface area (Å²) in [5.74, 6) is 1.69. The molecule has 0 amide bonds. The SMILES string of the molecule is COc1ccccc1-c1noc(CN2CCCN(Cc3ccc(F)cc3)CC2)n1. The highest BCUT2D eigenvalue weighted by atomic mass is 19.1. The summed E-state index contributed by atoms with van der Waals surface area (Å²) in [7, 11) is 1.63. The third-order valence-electron chi connectivity index (χ3n) is 5.18. The molecule has 0 spiro atoms. The van der Waals surface area contributed by atoms with E-state index in [1.54, 1.807) is 7.11 Å². The van der Waals surface area contributed by atoms with Crippen molar-refractivity contribution in [2.45, 2.75) is 19.5 Å². The van der Waals surface area contributed by atoms with Gasteiger partial charge in [0.1, 0.15) is 11.6 Å². The van der Waals surface area contributed by atoms with Crippen molar-refractivity contribution in [2.24, 2.45) is 0 Å². The van der Waals surface area contributed by atoms with Crippen molar-refractivity contribution < 1.29 is 13.7 Å². The van der Waals surface area contributed by atoms with Crippen LogP contribution in [0.15, 0.2) is 53.1 Å². The van der Waals surface area contributed by atoms with Crippen LogP contribution >= 0.6 is 0 Å². The topological polar surface area (TPSA) is 54.6 Å². The molecule has 7 heteroatoms. The fourth-order valence-corrected chi connectivity index (χ4v) is 3.64. The zero-order valence-electron chi connectivity index (χ0n) is 16.6. The van der Waals surface area contributed by atoms with Crippen LogP contribution in [-0.2, 0) is 13.1 Å². The van der Waals surface area contributed by atoms with Gasteiger partial charge in [0.15, 0.2) is 0 Å². The Morgan fingerprint density at radius 2 is 1.69 bits per heavy atom. The number of rotatable bonds is 6. The number of hydrogen-bond acceptors (Lipinski definition) is 6. The van der Waals surface area contributed by atoms with E-state index in [1.165, 1.54) is 12.1 Å². The number of nitrogens with zero attached hydrogens (tertiary/aromatic N) is 4. The Balaban J connectivity index is 1.35. The number of halogens is 1. The van der Waals surface area contributed by atoms with E-state index in [0.717, 1.165) is 56.0 Å². The molecule has 0 N–H and O–H groups in total. The summed E-state index contributed by atoms with van der Waals surface area (Å²) in [4.78, 5) is 9.30. The predicted octanol–water partition coefficient (Wildman–Crippen LogP) is 3.59. The average Bonchev–Trinajstić information content (AvgIpc) is 3.10. The molecule has 0 aliphatic carbocycles. The van der Waals surface area contributed by atoms with E-state index in [0.29, 0.717) is 18.3 Å². The minimum absolute atomic E-state index is 0.192. The first-order valence-electron chi connectivity index (χ1n) is 9.86. The molecular formula is C22H25FN4O2. The van der Waals surface area contributed by atoms with E-state index >= 15 is 0 Å². The molecule has 152 valence electrons. The van der Waals surface area contributed by atoms with Crippen molar-refractivity contribution in [3.63, 3.8) is 0 Å². The molecule has 29 heavy (non-hydrogen) atoms. The molecule has 4 rings (SSSR count). The van der Waals surface area contributed by atoms with Crippen LogP contribution in [0.25, 0.3) is 11.4 Å². The first-order chi connectivity index (χ1) is 14.2. The van der Waals surface area contributed by atoms with Gasteiger partial charge in [-0.2, -0.15) is 4.98 Å². The number of methoxy groups -OCH3 is 1. The first-order valence-corrected chi connectivity index (χ1v) is 9.86. The van der Waals surface area contributed by atoms with Gasteiger partial charge in [-0.15, -0.1) is 0 Å². The fraction of sp³-hybridized carbons (Fsp3) is 0.364. The van der Waals surface area contributed by atoms with Crippen molar-refractivity contribution in [2.75, 3.05) is 33.3 Å². The Hall–Kier alpha value is -2.77. The molecule has 0 bridgehead atoms. The Morgan fingerprint density at radius 1 is 0.966 bits per heavy atom. The highest BCUT2D eigenvalue weighted by Crippen LogP contribution is 2.27. The molecule has 1 saturated heterocycles. The second-order valence-electron chi connectivity index (χ2n) is 7.24. The van der Waals surface area contributed by atoms with Gasteiger partial charge in [0.25, 0.3) is 0 Å². The van der Waals surface area contributed by atoms with Crippen molar-refractivity contribution in [3.05, 3.63) is 65.8 Å². The van der Waals surface area contributed by atoms with Gasteiger partial charge in [0.05, 0.1) is 19.2 Å². The van der Waals surface area contributed by atoms with E-state index in [-0.39, 0.29) is 5.82 Å². The predicted molar refractivity (Wildman–Crippen MR) is 108 cm³/mol. The zero-order valence-corrected chi connectivity index (χ0v) is 16.6. The maximum absolute atomic E-state index is 13.1. The smallest absolute Gasteiger partial charge is 0.241 e. The monoisotopic (exact) mass is 396 g/mol. The number of para-hydroxylation sites is 1. The van der Waals surface area contributed by atoms with Gasteiger partial charge >= 0.3 is 0 Å². The summed E-state index contributed by atoms with van der Waals surface area (Å²) in [5.41, 5.74) is 1.96. The third kappa shape index (κ3) is 4.99. The summed E-state index contributed by atoms with van der Waals surface area (Å²) >= 11 is 0. The summed E-state index contributed by atoms with van der Waals surface area (Å²) in [6.45, 7) is 5.34. The second-order valence-corrected chi connectivity index (χ2v) is 7.24. The Labute approximate surface area is 169 Å². The Bertz CT molecular complexity index is 929. The van der Waals surface area contributed by atoms with Crippen LogP contribution < -0.4 is 4.74 Å². The van der Waals surface area contributed by atoms with Crippen LogP contribution in [0.2, 0.25) is 0 Å². The standard InChI is InChI=1S/C22H25FN4O2/c1-28-20-6-3-2-5-19(20)22-24-21(29-25-22)16-27-12-4-11-26(13-14-27)15-17-7-9-18(23)10-8-17/h2-3,5-10H,4,11-16H2,1H3. The van der Waals surface area contributed by atoms with E-state index in [9.17, 15) is 4.39 Å². The lowest BCUT2D eigenvalue weighted by molar-refractivity contribution is 0.222. The summed E-state index contributed by atoms with van der Waals surface area (Å²) in [6, 6.07) is 14.4. The van der Waals surface area contributed by atoms with Gasteiger partial charge in [-0.25, -0.2) is 4.39 Å². The molecule has 0 radical (unpaired) electrons. The molecule has 1 aromatic heterocycles. The van der Waals surface area contributed by atoms with Crippen LogP contribution in [0.4, 0.5) is 4.39 Å². The summed E-state index contributed by atoms with van der Waals surface area (Å²) < 4.78 is 24.0. The Kier molecular flexibility index (Phi) is 6.17. The normalized spacial score (nSPS) is 15.9. The number of hydrogen-bond donors (Lipinski definition) is 0. The van der Waals surface area contributed by atoms with Crippen LogP contribution in [0, 0.1) is 5.82 Å². The van der Waals surface area contributed by atoms with Gasteiger partial charge in [-0.05, 0) is 49.3 Å². The van der Waals surface area contributed by atoms with Crippen molar-refractivity contribution in [3.8, 4) is 17.1 Å². The van der Waals surface area contributed by atoms with Crippen LogP contribution in [0.3, 0.4) is 0 Å². The van der Waals surface area contributed by atoms with Crippen LogP contribution in [-0.4, -0.2) is 53.2 Å². The zero-order chi connectivity index (χ0) is 20.1. The van der Waals surface area contributed by atoms with E-state index in [1.807, 2.05) is 36.4 Å². The average molecular weight is 396 g/mol. The van der Waals surface area contributed by atoms with E-state index < -0.39 is 0 Å². The lowest BCUT2D eigenvalue weighted by Crippen LogP contribution is -2.30. The minimum Gasteiger partial charge on any atom is -0.496 e. The van der Waals surface area contributed by atoms with Crippen molar-refractivity contribution in [1.82, 2.24) is 19.9 Å². The van der Waals surface area contributed by atoms with Gasteiger partial charge in [0, 0.05) is 19.6 Å². The molecular weight excluding hydrogens is 371 g/mol. The van der Waals surface area contributed by atoms with Gasteiger partial charge in [-0.1, -0.05) is 29.4 Å². The highest BCUT2D eigenvalue weighted by Gasteiger charge is 2.19. The summed E-state index contributed by atoms with van der Waals surface area (Å²) in [6.07, 6.45) is 1.06. The second kappa shape index (κ2) is 9.15. The van der Waals surface area contributed by atoms with Crippen molar-refractivity contribution >= 4 is 0 Å². The van der Waals surface area contributed by atoms with Crippen molar-refractivity contribution in [1.29, 1.82) is 0 Å². The molecule has 2 heterocycles. The maximum Gasteiger partial charge on any atom is 0.241 e. The quantitative estimate of drug-likeness (QED) is 0.635. The molecule has 1 fully saturated rings. The molecule has 0 saturated carbocycles. The number of benzene rings is 2. The highest BCUT2D eigenvalue weighted by molar-refractivity contribution is 5.63.